The van der Waals surface area contributed by atoms with Crippen LogP contribution >= 0.6 is 0 Å². The lowest BCUT2D eigenvalue weighted by atomic mass is 9.95. The highest BCUT2D eigenvalue weighted by Gasteiger charge is 2.27. The van der Waals surface area contributed by atoms with E-state index in [9.17, 15) is 4.79 Å². The molecule has 0 aliphatic rings. The number of hydrogen-bond donors (Lipinski definition) is 1. The number of hydrogen-bond acceptors (Lipinski definition) is 4. The molecule has 0 aliphatic heterocycles. The predicted octanol–water partition coefficient (Wildman–Crippen LogP) is 4.90. The molecule has 0 saturated heterocycles. The van der Waals surface area contributed by atoms with Gasteiger partial charge in [0.05, 0.1) is 26.2 Å². The van der Waals surface area contributed by atoms with Crippen LogP contribution in [0.25, 0.3) is 0 Å². The van der Waals surface area contributed by atoms with E-state index in [-0.39, 0.29) is 30.6 Å². The van der Waals surface area contributed by atoms with Crippen LogP contribution in [0.5, 0.6) is 0 Å². The quantitative estimate of drug-likeness (QED) is 0.561. The summed E-state index contributed by atoms with van der Waals surface area (Å²) < 4.78 is 11.2. The summed E-state index contributed by atoms with van der Waals surface area (Å²) in [6.07, 6.45) is 0.879. The molecule has 0 aromatic heterocycles. The van der Waals surface area contributed by atoms with Gasteiger partial charge in [-0.15, -0.1) is 0 Å². The third-order valence-electron chi connectivity index (χ3n) is 4.84. The second kappa shape index (κ2) is 11.6. The van der Waals surface area contributed by atoms with Gasteiger partial charge >= 0.3 is 5.97 Å². The Hall–Kier alpha value is -2.17. The van der Waals surface area contributed by atoms with Crippen LogP contribution in [0.3, 0.4) is 0 Å². The van der Waals surface area contributed by atoms with Crippen LogP contribution in [0.2, 0.25) is 0 Å². The summed E-state index contributed by atoms with van der Waals surface area (Å²) in [5.74, 6) is 0.224. The molecule has 2 rings (SSSR count). The van der Waals surface area contributed by atoms with Crippen LogP contribution in [-0.4, -0.2) is 25.2 Å². The molecule has 0 amide bonds. The van der Waals surface area contributed by atoms with E-state index in [1.54, 1.807) is 0 Å². The number of ether oxygens (including phenoxy) is 2. The van der Waals surface area contributed by atoms with Gasteiger partial charge in [-0.05, 0) is 30.4 Å². The Morgan fingerprint density at radius 2 is 1.57 bits per heavy atom. The van der Waals surface area contributed by atoms with Crippen LogP contribution in [-0.2, 0) is 20.9 Å². The number of carbonyl (C=O) groups excluding carboxylic acids is 1. The average molecular weight is 384 g/mol. The molecule has 4 nitrogen and oxygen atoms in total. The minimum Gasteiger partial charge on any atom is -0.469 e. The molecule has 0 bridgehead atoms. The molecular weight excluding hydrogens is 350 g/mol. The molecule has 152 valence electrons. The molecule has 4 heteroatoms. The minimum absolute atomic E-state index is 0.0398. The fourth-order valence-corrected chi connectivity index (χ4v) is 3.34. The first-order valence-corrected chi connectivity index (χ1v) is 10.0. The van der Waals surface area contributed by atoms with Crippen molar-refractivity contribution in [2.45, 2.75) is 58.4 Å². The van der Waals surface area contributed by atoms with Crippen molar-refractivity contribution in [2.75, 3.05) is 7.11 Å². The first kappa shape index (κ1) is 22.1. The molecule has 0 spiro atoms. The highest BCUT2D eigenvalue weighted by molar-refractivity contribution is 5.69. The van der Waals surface area contributed by atoms with Crippen molar-refractivity contribution in [1.29, 1.82) is 0 Å². The van der Waals surface area contributed by atoms with E-state index in [1.165, 1.54) is 12.7 Å². The number of benzene rings is 2. The van der Waals surface area contributed by atoms with Crippen molar-refractivity contribution in [2.24, 2.45) is 5.92 Å². The van der Waals surface area contributed by atoms with E-state index in [2.05, 4.69) is 38.2 Å². The summed E-state index contributed by atoms with van der Waals surface area (Å²) >= 11 is 0. The van der Waals surface area contributed by atoms with Gasteiger partial charge in [0, 0.05) is 12.1 Å². The van der Waals surface area contributed by atoms with Gasteiger partial charge in [-0.1, -0.05) is 74.5 Å². The van der Waals surface area contributed by atoms with Crippen LogP contribution in [0.4, 0.5) is 0 Å². The monoisotopic (exact) mass is 383 g/mol. The summed E-state index contributed by atoms with van der Waals surface area (Å²) in [5.41, 5.74) is 2.31. The largest absolute Gasteiger partial charge is 0.469 e. The van der Waals surface area contributed by atoms with Gasteiger partial charge in [0.1, 0.15) is 0 Å². The van der Waals surface area contributed by atoms with Gasteiger partial charge in [0.15, 0.2) is 0 Å². The lowest BCUT2D eigenvalue weighted by Crippen LogP contribution is -2.44. The number of methoxy groups -OCH3 is 1. The first-order valence-electron chi connectivity index (χ1n) is 10.0. The summed E-state index contributed by atoms with van der Waals surface area (Å²) in [4.78, 5) is 12.0. The lowest BCUT2D eigenvalue weighted by Gasteiger charge is -2.32. The highest BCUT2D eigenvalue weighted by Crippen LogP contribution is 2.21. The molecule has 1 N–H and O–H groups in total. The number of nitrogens with one attached hydrogen (secondary N) is 1. The third kappa shape index (κ3) is 7.45. The van der Waals surface area contributed by atoms with Crippen molar-refractivity contribution < 1.29 is 14.3 Å². The van der Waals surface area contributed by atoms with Crippen LogP contribution < -0.4 is 5.32 Å². The van der Waals surface area contributed by atoms with E-state index in [4.69, 9.17) is 9.47 Å². The summed E-state index contributed by atoms with van der Waals surface area (Å²) in [6, 6.07) is 20.6. The van der Waals surface area contributed by atoms with Crippen molar-refractivity contribution in [1.82, 2.24) is 5.32 Å². The van der Waals surface area contributed by atoms with Crippen molar-refractivity contribution in [3.8, 4) is 0 Å². The molecular formula is C24H33NO3. The predicted molar refractivity (Wildman–Crippen MR) is 113 cm³/mol. The SMILES string of the molecule is COC(=O)C[C@H](OCc1ccccc1)[C@H](CC(C)C)N[C@H](C)c1ccccc1. The van der Waals surface area contributed by atoms with Crippen molar-refractivity contribution >= 4 is 5.97 Å². The van der Waals surface area contributed by atoms with E-state index >= 15 is 0 Å². The van der Waals surface area contributed by atoms with Gasteiger partial charge in [0.2, 0.25) is 0 Å². The topological polar surface area (TPSA) is 47.6 Å². The van der Waals surface area contributed by atoms with Gasteiger partial charge in [-0.3, -0.25) is 4.79 Å². The standard InChI is InChI=1S/C24H33NO3/c1-18(2)15-22(25-19(3)21-13-9-6-10-14-21)23(16-24(26)27-4)28-17-20-11-7-5-8-12-20/h5-14,18-19,22-23,25H,15-17H2,1-4H3/t19-,22+,23+/m1/s1. The fraction of sp³-hybridized carbons (Fsp3) is 0.458. The first-order chi connectivity index (χ1) is 13.5. The van der Waals surface area contributed by atoms with Gasteiger partial charge in [0.25, 0.3) is 0 Å². The van der Waals surface area contributed by atoms with Gasteiger partial charge in [-0.2, -0.15) is 0 Å². The second-order valence-corrected chi connectivity index (χ2v) is 7.65. The van der Waals surface area contributed by atoms with Crippen LogP contribution in [0.1, 0.15) is 50.8 Å². The summed E-state index contributed by atoms with van der Waals surface area (Å²) in [6.45, 7) is 7.00. The molecule has 2 aromatic rings. The average Bonchev–Trinajstić information content (AvgIpc) is 2.71. The summed E-state index contributed by atoms with van der Waals surface area (Å²) in [7, 11) is 1.42. The Kier molecular flexibility index (Phi) is 9.18. The number of rotatable bonds is 11. The highest BCUT2D eigenvalue weighted by atomic mass is 16.5. The number of carbonyl (C=O) groups is 1. The number of esters is 1. The Bertz CT molecular complexity index is 688. The van der Waals surface area contributed by atoms with Gasteiger partial charge in [-0.25, -0.2) is 0 Å². The molecule has 0 fully saturated rings. The van der Waals surface area contributed by atoms with Crippen molar-refractivity contribution in [3.05, 3.63) is 71.8 Å². The molecule has 0 saturated carbocycles. The maximum atomic E-state index is 12.0. The summed E-state index contributed by atoms with van der Waals surface area (Å²) in [5, 5.41) is 3.70. The Morgan fingerprint density at radius 1 is 0.964 bits per heavy atom. The third-order valence-corrected chi connectivity index (χ3v) is 4.84. The van der Waals surface area contributed by atoms with E-state index in [1.807, 2.05) is 48.5 Å². The normalized spacial score (nSPS) is 14.5. The Morgan fingerprint density at radius 3 is 2.14 bits per heavy atom. The molecule has 0 radical (unpaired) electrons. The zero-order valence-electron chi connectivity index (χ0n) is 17.4. The zero-order chi connectivity index (χ0) is 20.4. The molecule has 0 aliphatic carbocycles. The van der Waals surface area contributed by atoms with Crippen LogP contribution in [0.15, 0.2) is 60.7 Å². The van der Waals surface area contributed by atoms with Gasteiger partial charge < -0.3 is 14.8 Å². The van der Waals surface area contributed by atoms with Crippen molar-refractivity contribution in [3.63, 3.8) is 0 Å². The van der Waals surface area contributed by atoms with E-state index in [0.717, 1.165) is 12.0 Å². The smallest absolute Gasteiger partial charge is 0.308 e. The Balaban J connectivity index is 2.14. The Labute approximate surface area is 169 Å². The zero-order valence-corrected chi connectivity index (χ0v) is 17.4. The molecule has 0 heterocycles. The van der Waals surface area contributed by atoms with E-state index in [0.29, 0.717) is 12.5 Å². The fourth-order valence-electron chi connectivity index (χ4n) is 3.34. The maximum Gasteiger partial charge on any atom is 0.308 e. The lowest BCUT2D eigenvalue weighted by molar-refractivity contribution is -0.145. The molecule has 0 unspecified atom stereocenters. The molecule has 3 atom stereocenters. The minimum atomic E-state index is -0.263. The molecule has 28 heavy (non-hydrogen) atoms. The van der Waals surface area contributed by atoms with Crippen LogP contribution in [0, 0.1) is 5.92 Å². The second-order valence-electron chi connectivity index (χ2n) is 7.65. The maximum absolute atomic E-state index is 12.0. The molecule has 2 aromatic carbocycles. The van der Waals surface area contributed by atoms with E-state index < -0.39 is 0 Å².